The molecule has 0 saturated carbocycles. The van der Waals surface area contributed by atoms with Gasteiger partial charge in [-0.2, -0.15) is 0 Å². The number of fused-ring (bicyclic) bond motifs is 1. The van der Waals surface area contributed by atoms with E-state index in [0.29, 0.717) is 29.1 Å². The van der Waals surface area contributed by atoms with Crippen LogP contribution in [0.25, 0.3) is 11.1 Å². The van der Waals surface area contributed by atoms with Crippen molar-refractivity contribution in [3.8, 4) is 0 Å². The number of amides is 1. The topological polar surface area (TPSA) is 90.5 Å². The Kier molecular flexibility index (Phi) is 6.72. The minimum atomic E-state index is -0.928. The van der Waals surface area contributed by atoms with E-state index in [-0.39, 0.29) is 13.0 Å². The first-order valence-corrected chi connectivity index (χ1v) is 9.62. The molecule has 0 fully saturated rings. The fourth-order valence-corrected chi connectivity index (χ4v) is 3.09. The van der Waals surface area contributed by atoms with E-state index in [1.807, 2.05) is 12.1 Å². The summed E-state index contributed by atoms with van der Waals surface area (Å²) in [5, 5.41) is 3.25. The second-order valence-electron chi connectivity index (χ2n) is 6.53. The number of hydrogen-bond acceptors (Lipinski definition) is 5. The van der Waals surface area contributed by atoms with Crippen molar-refractivity contribution in [2.45, 2.75) is 39.0 Å². The van der Waals surface area contributed by atoms with E-state index < -0.39 is 23.7 Å². The zero-order valence-electron chi connectivity index (χ0n) is 15.9. The number of benzene rings is 2. The van der Waals surface area contributed by atoms with Crippen molar-refractivity contribution < 1.29 is 18.7 Å². The molecule has 0 aliphatic heterocycles. The number of nitrogens with zero attached hydrogens (tertiary/aromatic N) is 1. The van der Waals surface area contributed by atoms with Gasteiger partial charge in [0.1, 0.15) is 0 Å². The predicted molar refractivity (Wildman–Crippen MR) is 109 cm³/mol. The monoisotopic (exact) mass is 416 g/mol. The van der Waals surface area contributed by atoms with Gasteiger partial charge in [0.15, 0.2) is 11.7 Å². The SMILES string of the molecule is CC(OC(=O)CCCn1c(=O)oc2ccccc21)C(=O)NCc1ccccc1Cl. The Bertz CT molecular complexity index is 1070. The van der Waals surface area contributed by atoms with Crippen LogP contribution in [0.3, 0.4) is 0 Å². The zero-order valence-corrected chi connectivity index (χ0v) is 16.6. The molecule has 1 heterocycles. The molecule has 8 heteroatoms. The van der Waals surface area contributed by atoms with Gasteiger partial charge in [-0.05, 0) is 37.1 Å². The Labute approximate surface area is 172 Å². The molecule has 2 aromatic carbocycles. The molecule has 1 unspecified atom stereocenters. The Morgan fingerprint density at radius 1 is 1.17 bits per heavy atom. The Morgan fingerprint density at radius 2 is 1.90 bits per heavy atom. The highest BCUT2D eigenvalue weighted by Crippen LogP contribution is 2.15. The molecule has 0 spiro atoms. The van der Waals surface area contributed by atoms with E-state index in [1.165, 1.54) is 11.5 Å². The standard InChI is InChI=1S/C21H21ClN2O5/c1-14(20(26)23-13-15-7-2-3-8-16(15)22)28-19(25)11-6-12-24-17-9-4-5-10-18(17)29-21(24)27/h2-5,7-10,14H,6,11-13H2,1H3,(H,23,26). The van der Waals surface area contributed by atoms with Crippen molar-refractivity contribution in [2.24, 2.45) is 0 Å². The lowest BCUT2D eigenvalue weighted by Crippen LogP contribution is -2.35. The van der Waals surface area contributed by atoms with Gasteiger partial charge in [-0.1, -0.05) is 41.9 Å². The molecule has 1 N–H and O–H groups in total. The van der Waals surface area contributed by atoms with Crippen molar-refractivity contribution in [3.05, 3.63) is 69.7 Å². The second-order valence-corrected chi connectivity index (χ2v) is 6.94. The first-order valence-electron chi connectivity index (χ1n) is 9.24. The lowest BCUT2D eigenvalue weighted by Gasteiger charge is -2.14. The van der Waals surface area contributed by atoms with Gasteiger partial charge in [0.25, 0.3) is 5.91 Å². The molecule has 3 rings (SSSR count). The number of oxazole rings is 1. The minimum absolute atomic E-state index is 0.0775. The van der Waals surface area contributed by atoms with Gasteiger partial charge in [0.05, 0.1) is 5.52 Å². The van der Waals surface area contributed by atoms with Crippen LogP contribution in [0.5, 0.6) is 0 Å². The highest BCUT2D eigenvalue weighted by Gasteiger charge is 2.18. The molecule has 0 radical (unpaired) electrons. The maximum Gasteiger partial charge on any atom is 0.419 e. The van der Waals surface area contributed by atoms with Crippen molar-refractivity contribution in [2.75, 3.05) is 0 Å². The van der Waals surface area contributed by atoms with E-state index in [2.05, 4.69) is 5.32 Å². The second kappa shape index (κ2) is 9.43. The van der Waals surface area contributed by atoms with Crippen molar-refractivity contribution in [1.82, 2.24) is 9.88 Å². The third-order valence-corrected chi connectivity index (χ3v) is 4.79. The largest absolute Gasteiger partial charge is 0.453 e. The summed E-state index contributed by atoms with van der Waals surface area (Å²) in [7, 11) is 0. The number of aromatic nitrogens is 1. The van der Waals surface area contributed by atoms with Crippen molar-refractivity contribution in [3.63, 3.8) is 0 Å². The molecule has 7 nitrogen and oxygen atoms in total. The minimum Gasteiger partial charge on any atom is -0.453 e. The average molecular weight is 417 g/mol. The van der Waals surface area contributed by atoms with Crippen LogP contribution in [-0.4, -0.2) is 22.5 Å². The third-order valence-electron chi connectivity index (χ3n) is 4.42. The molecule has 1 aromatic heterocycles. The number of esters is 1. The normalized spacial score (nSPS) is 11.9. The molecule has 152 valence electrons. The van der Waals surface area contributed by atoms with E-state index in [4.69, 9.17) is 20.8 Å². The van der Waals surface area contributed by atoms with Gasteiger partial charge in [-0.25, -0.2) is 4.79 Å². The third kappa shape index (κ3) is 5.26. The molecule has 0 bridgehead atoms. The summed E-state index contributed by atoms with van der Waals surface area (Å²) in [6.45, 7) is 2.07. The number of carbonyl (C=O) groups is 2. The fraction of sp³-hybridized carbons (Fsp3) is 0.286. The summed E-state index contributed by atoms with van der Waals surface area (Å²) >= 11 is 6.05. The maximum absolute atomic E-state index is 12.1. The van der Waals surface area contributed by atoms with Gasteiger partial charge < -0.3 is 14.5 Å². The molecular weight excluding hydrogens is 396 g/mol. The Morgan fingerprint density at radius 3 is 2.69 bits per heavy atom. The highest BCUT2D eigenvalue weighted by molar-refractivity contribution is 6.31. The van der Waals surface area contributed by atoms with E-state index in [9.17, 15) is 14.4 Å². The van der Waals surface area contributed by atoms with Gasteiger partial charge in [0.2, 0.25) is 0 Å². The van der Waals surface area contributed by atoms with Crippen LogP contribution in [0.4, 0.5) is 0 Å². The number of carbonyl (C=O) groups excluding carboxylic acids is 2. The van der Waals surface area contributed by atoms with Crippen LogP contribution in [0, 0.1) is 0 Å². The highest BCUT2D eigenvalue weighted by atomic mass is 35.5. The van der Waals surface area contributed by atoms with Crippen LogP contribution in [0.15, 0.2) is 57.7 Å². The molecular formula is C21H21ClN2O5. The summed E-state index contributed by atoms with van der Waals surface area (Å²) in [6, 6.07) is 14.3. The van der Waals surface area contributed by atoms with Crippen molar-refractivity contribution >= 4 is 34.6 Å². The number of nitrogens with one attached hydrogen (secondary N) is 1. The van der Waals surface area contributed by atoms with E-state index in [0.717, 1.165) is 5.56 Å². The summed E-state index contributed by atoms with van der Waals surface area (Å²) in [5.74, 6) is -1.38. The van der Waals surface area contributed by atoms with E-state index in [1.54, 1.807) is 36.4 Å². The first-order chi connectivity index (χ1) is 14.0. The number of hydrogen-bond donors (Lipinski definition) is 1. The molecule has 29 heavy (non-hydrogen) atoms. The quantitative estimate of drug-likeness (QED) is 0.569. The summed E-state index contributed by atoms with van der Waals surface area (Å²) in [5.41, 5.74) is 1.96. The predicted octanol–water partition coefficient (Wildman–Crippen LogP) is 3.28. The van der Waals surface area contributed by atoms with Crippen molar-refractivity contribution in [1.29, 1.82) is 0 Å². The van der Waals surface area contributed by atoms with Gasteiger partial charge in [0, 0.05) is 24.5 Å². The molecule has 1 atom stereocenters. The smallest absolute Gasteiger partial charge is 0.419 e. The van der Waals surface area contributed by atoms with Crippen LogP contribution < -0.4 is 11.1 Å². The number of ether oxygens (including phenoxy) is 1. The van der Waals surface area contributed by atoms with Crippen LogP contribution in [0.1, 0.15) is 25.3 Å². The van der Waals surface area contributed by atoms with Gasteiger partial charge in [-0.15, -0.1) is 0 Å². The van der Waals surface area contributed by atoms with Gasteiger partial charge in [-0.3, -0.25) is 14.2 Å². The average Bonchev–Trinajstić information content (AvgIpc) is 3.02. The summed E-state index contributed by atoms with van der Waals surface area (Å²) in [4.78, 5) is 36.1. The number of rotatable bonds is 8. The first kappa shape index (κ1) is 20.7. The lowest BCUT2D eigenvalue weighted by molar-refractivity contribution is -0.155. The summed E-state index contributed by atoms with van der Waals surface area (Å²) < 4.78 is 11.8. The number of aryl methyl sites for hydroxylation is 1. The molecule has 0 aliphatic carbocycles. The zero-order chi connectivity index (χ0) is 20.8. The molecule has 0 aliphatic rings. The van der Waals surface area contributed by atoms with Crippen LogP contribution >= 0.6 is 11.6 Å². The van der Waals surface area contributed by atoms with Gasteiger partial charge >= 0.3 is 11.7 Å². The lowest BCUT2D eigenvalue weighted by atomic mass is 10.2. The Hall–Kier alpha value is -3.06. The molecule has 0 saturated heterocycles. The number of halogens is 1. The Balaban J connectivity index is 1.45. The summed E-state index contributed by atoms with van der Waals surface area (Å²) in [6.07, 6.45) is -0.466. The molecule has 1 amide bonds. The maximum atomic E-state index is 12.1. The number of para-hydroxylation sites is 2. The van der Waals surface area contributed by atoms with E-state index >= 15 is 0 Å². The molecule has 3 aromatic rings. The van der Waals surface area contributed by atoms with Crippen LogP contribution in [-0.2, 0) is 27.4 Å². The van der Waals surface area contributed by atoms with Crippen LogP contribution in [0.2, 0.25) is 5.02 Å². The fourth-order valence-electron chi connectivity index (χ4n) is 2.88.